The summed E-state index contributed by atoms with van der Waals surface area (Å²) in [7, 11) is 3.39. The van der Waals surface area contributed by atoms with Gasteiger partial charge in [-0.25, -0.2) is 9.97 Å². The number of ether oxygens (including phenoxy) is 1. The number of nitrogens with one attached hydrogen (secondary N) is 2. The first kappa shape index (κ1) is 13.6. The first-order valence-electron chi connectivity index (χ1n) is 6.17. The van der Waals surface area contributed by atoms with Crippen molar-refractivity contribution in [1.29, 1.82) is 0 Å². The average Bonchev–Trinajstić information content (AvgIpc) is 2.87. The van der Waals surface area contributed by atoms with Gasteiger partial charge in [-0.15, -0.1) is 0 Å². The number of fused-ring (bicyclic) bond motifs is 1. The highest BCUT2D eigenvalue weighted by Gasteiger charge is 2.08. The standard InChI is InChI=1S/C12H19N5O2/c1-13-10-7-17-6-5-15-12(17)11(16-10)14-4-3-9(18)8-19-2/h5-7,9,13,18H,3-4,8H2,1-2H3,(H,14,16). The van der Waals surface area contributed by atoms with Gasteiger partial charge in [0.15, 0.2) is 11.5 Å². The van der Waals surface area contributed by atoms with E-state index in [-0.39, 0.29) is 0 Å². The van der Waals surface area contributed by atoms with Crippen LogP contribution in [0.4, 0.5) is 11.6 Å². The molecule has 0 amide bonds. The molecule has 2 aromatic heterocycles. The minimum Gasteiger partial charge on any atom is -0.391 e. The van der Waals surface area contributed by atoms with Crippen molar-refractivity contribution in [2.24, 2.45) is 0 Å². The second kappa shape index (κ2) is 6.35. The molecule has 7 heteroatoms. The van der Waals surface area contributed by atoms with Crippen LogP contribution in [-0.4, -0.2) is 52.9 Å². The molecule has 0 aromatic carbocycles. The van der Waals surface area contributed by atoms with Crippen molar-refractivity contribution in [3.8, 4) is 0 Å². The molecule has 2 rings (SSSR count). The number of hydrogen-bond donors (Lipinski definition) is 3. The van der Waals surface area contributed by atoms with Crippen molar-refractivity contribution in [1.82, 2.24) is 14.4 Å². The Morgan fingerprint density at radius 3 is 3.11 bits per heavy atom. The fourth-order valence-electron chi connectivity index (χ4n) is 1.80. The predicted molar refractivity (Wildman–Crippen MR) is 73.5 cm³/mol. The van der Waals surface area contributed by atoms with Gasteiger partial charge in [-0.3, -0.25) is 0 Å². The summed E-state index contributed by atoms with van der Waals surface area (Å²) in [5.41, 5.74) is 0.764. The van der Waals surface area contributed by atoms with Crippen LogP contribution >= 0.6 is 0 Å². The van der Waals surface area contributed by atoms with Crippen molar-refractivity contribution >= 4 is 17.3 Å². The minimum absolute atomic E-state index is 0.338. The number of nitrogens with zero attached hydrogens (tertiary/aromatic N) is 3. The molecule has 0 fully saturated rings. The van der Waals surface area contributed by atoms with Crippen LogP contribution in [0, 0.1) is 0 Å². The summed E-state index contributed by atoms with van der Waals surface area (Å²) in [6, 6.07) is 0. The highest BCUT2D eigenvalue weighted by atomic mass is 16.5. The van der Waals surface area contributed by atoms with Crippen molar-refractivity contribution in [3.63, 3.8) is 0 Å². The maximum atomic E-state index is 9.58. The van der Waals surface area contributed by atoms with Gasteiger partial charge in [0.25, 0.3) is 0 Å². The van der Waals surface area contributed by atoms with Gasteiger partial charge in [-0.1, -0.05) is 0 Å². The third-order valence-corrected chi connectivity index (χ3v) is 2.76. The number of aliphatic hydroxyl groups excluding tert-OH is 1. The Labute approximate surface area is 111 Å². The molecule has 1 unspecified atom stereocenters. The van der Waals surface area contributed by atoms with Crippen molar-refractivity contribution in [3.05, 3.63) is 18.6 Å². The molecule has 0 aliphatic rings. The third-order valence-electron chi connectivity index (χ3n) is 2.76. The van der Waals surface area contributed by atoms with E-state index in [0.29, 0.717) is 25.4 Å². The van der Waals surface area contributed by atoms with E-state index in [9.17, 15) is 5.11 Å². The molecule has 2 heterocycles. The summed E-state index contributed by atoms with van der Waals surface area (Å²) in [5, 5.41) is 15.8. The van der Waals surface area contributed by atoms with Crippen LogP contribution in [0.3, 0.4) is 0 Å². The van der Waals surface area contributed by atoms with Gasteiger partial charge >= 0.3 is 0 Å². The largest absolute Gasteiger partial charge is 0.391 e. The van der Waals surface area contributed by atoms with Crippen LogP contribution in [0.15, 0.2) is 18.6 Å². The number of rotatable bonds is 7. The maximum absolute atomic E-state index is 9.58. The van der Waals surface area contributed by atoms with E-state index in [1.165, 1.54) is 0 Å². The lowest BCUT2D eigenvalue weighted by Crippen LogP contribution is -2.19. The molecule has 104 valence electrons. The normalized spacial score (nSPS) is 12.6. The summed E-state index contributed by atoms with van der Waals surface area (Å²) < 4.78 is 6.78. The summed E-state index contributed by atoms with van der Waals surface area (Å²) in [6.45, 7) is 0.942. The first-order chi connectivity index (χ1) is 9.24. The number of anilines is 2. The van der Waals surface area contributed by atoms with Crippen LogP contribution < -0.4 is 10.6 Å². The molecule has 1 atom stereocenters. The number of methoxy groups -OCH3 is 1. The van der Waals surface area contributed by atoms with Gasteiger partial charge in [0, 0.05) is 33.1 Å². The lowest BCUT2D eigenvalue weighted by atomic mass is 10.2. The summed E-state index contributed by atoms with van der Waals surface area (Å²) in [6.07, 6.45) is 5.57. The number of aromatic nitrogens is 3. The quantitative estimate of drug-likeness (QED) is 0.679. The molecule has 0 radical (unpaired) electrons. The third kappa shape index (κ3) is 3.33. The topological polar surface area (TPSA) is 83.7 Å². The second-order valence-corrected chi connectivity index (χ2v) is 4.21. The van der Waals surface area contributed by atoms with Gasteiger partial charge in [0.05, 0.1) is 18.9 Å². The second-order valence-electron chi connectivity index (χ2n) is 4.21. The lowest BCUT2D eigenvalue weighted by molar-refractivity contribution is 0.0615. The number of imidazole rings is 1. The summed E-state index contributed by atoms with van der Waals surface area (Å²) >= 11 is 0. The Hall–Kier alpha value is -1.86. The molecular formula is C12H19N5O2. The van der Waals surface area contributed by atoms with E-state index in [4.69, 9.17) is 4.74 Å². The van der Waals surface area contributed by atoms with Crippen LogP contribution in [-0.2, 0) is 4.74 Å². The Morgan fingerprint density at radius 1 is 1.53 bits per heavy atom. The van der Waals surface area contributed by atoms with E-state index in [1.54, 1.807) is 13.3 Å². The number of aliphatic hydroxyl groups is 1. The number of hydrogen-bond acceptors (Lipinski definition) is 6. The smallest absolute Gasteiger partial charge is 0.180 e. The van der Waals surface area contributed by atoms with E-state index >= 15 is 0 Å². The van der Waals surface area contributed by atoms with Crippen molar-refractivity contribution in [2.75, 3.05) is 37.9 Å². The van der Waals surface area contributed by atoms with Gasteiger partial charge < -0.3 is 24.9 Å². The monoisotopic (exact) mass is 265 g/mol. The molecule has 0 aliphatic heterocycles. The van der Waals surface area contributed by atoms with E-state index < -0.39 is 6.10 Å². The van der Waals surface area contributed by atoms with Crippen molar-refractivity contribution < 1.29 is 9.84 Å². The maximum Gasteiger partial charge on any atom is 0.180 e. The van der Waals surface area contributed by atoms with Crippen LogP contribution in [0.1, 0.15) is 6.42 Å². The highest BCUT2D eigenvalue weighted by Crippen LogP contribution is 2.15. The van der Waals surface area contributed by atoms with E-state index in [0.717, 1.165) is 11.5 Å². The molecular weight excluding hydrogens is 246 g/mol. The van der Waals surface area contributed by atoms with Gasteiger partial charge in [-0.05, 0) is 6.42 Å². The fourth-order valence-corrected chi connectivity index (χ4v) is 1.80. The summed E-state index contributed by atoms with van der Waals surface area (Å²) in [4.78, 5) is 8.67. The van der Waals surface area contributed by atoms with E-state index in [2.05, 4.69) is 20.6 Å². The first-order valence-corrected chi connectivity index (χ1v) is 6.17. The molecule has 0 saturated carbocycles. The molecule has 3 N–H and O–H groups in total. The SMILES string of the molecule is CNc1cn2ccnc2c(NCCC(O)COC)n1. The zero-order valence-electron chi connectivity index (χ0n) is 11.1. The Morgan fingerprint density at radius 2 is 2.37 bits per heavy atom. The molecule has 2 aromatic rings. The van der Waals surface area contributed by atoms with Crippen LogP contribution in [0.25, 0.3) is 5.65 Å². The van der Waals surface area contributed by atoms with Crippen LogP contribution in [0.5, 0.6) is 0 Å². The van der Waals surface area contributed by atoms with Gasteiger partial charge in [0.2, 0.25) is 0 Å². The fraction of sp³-hybridized carbons (Fsp3) is 0.500. The molecule has 0 spiro atoms. The lowest BCUT2D eigenvalue weighted by Gasteiger charge is -2.12. The highest BCUT2D eigenvalue weighted by molar-refractivity contribution is 5.65. The molecule has 0 aliphatic carbocycles. The Bertz CT molecular complexity index is 528. The Balaban J connectivity index is 2.04. The molecule has 0 bridgehead atoms. The van der Waals surface area contributed by atoms with Gasteiger partial charge in [0.1, 0.15) is 5.82 Å². The van der Waals surface area contributed by atoms with Crippen molar-refractivity contribution in [2.45, 2.75) is 12.5 Å². The van der Waals surface area contributed by atoms with E-state index in [1.807, 2.05) is 23.8 Å². The minimum atomic E-state index is -0.472. The zero-order valence-corrected chi connectivity index (χ0v) is 11.1. The molecule has 0 saturated heterocycles. The predicted octanol–water partition coefficient (Wildman–Crippen LogP) is 0.580. The molecule has 7 nitrogen and oxygen atoms in total. The Kier molecular flexibility index (Phi) is 4.53. The summed E-state index contributed by atoms with van der Waals surface area (Å²) in [5.74, 6) is 1.45. The zero-order chi connectivity index (χ0) is 13.7. The van der Waals surface area contributed by atoms with Crippen LogP contribution in [0.2, 0.25) is 0 Å². The van der Waals surface area contributed by atoms with Gasteiger partial charge in [-0.2, -0.15) is 0 Å². The average molecular weight is 265 g/mol. The molecule has 19 heavy (non-hydrogen) atoms.